The average Bonchev–Trinajstić information content (AvgIpc) is 2.30. The van der Waals surface area contributed by atoms with Crippen LogP contribution in [0.1, 0.15) is 0 Å². The second-order valence-electron chi connectivity index (χ2n) is 4.14. The summed E-state index contributed by atoms with van der Waals surface area (Å²) in [4.78, 5) is 16.4. The number of aliphatic hydroxyl groups excluding tert-OH is 1. The van der Waals surface area contributed by atoms with Crippen molar-refractivity contribution in [1.29, 1.82) is 0 Å². The molecular formula is C11H13ClF3N3O2. The van der Waals surface area contributed by atoms with Crippen molar-refractivity contribution in [3.05, 3.63) is 23.5 Å². The highest BCUT2D eigenvalue weighted by Crippen LogP contribution is 2.20. The standard InChI is InChI=1S/C11H13ClF3N3O2/c1-18(5-8(19)11(13,14)15)6-9(20)17-7-3-2-4-16-10(7)12/h2-4,8,19H,5-6H2,1H3,(H,17,20). The Labute approximate surface area is 118 Å². The van der Waals surface area contributed by atoms with Crippen LogP contribution in [0.25, 0.3) is 0 Å². The Morgan fingerprint density at radius 3 is 2.80 bits per heavy atom. The van der Waals surface area contributed by atoms with Crippen LogP contribution in [0.15, 0.2) is 18.3 Å². The number of aromatic nitrogens is 1. The first-order valence-corrected chi connectivity index (χ1v) is 5.91. The highest BCUT2D eigenvalue weighted by atomic mass is 35.5. The third-order valence-electron chi connectivity index (χ3n) is 2.31. The van der Waals surface area contributed by atoms with Gasteiger partial charge < -0.3 is 10.4 Å². The number of amides is 1. The van der Waals surface area contributed by atoms with Crippen molar-refractivity contribution in [2.24, 2.45) is 0 Å². The summed E-state index contributed by atoms with van der Waals surface area (Å²) in [5.74, 6) is -0.559. The van der Waals surface area contributed by atoms with Gasteiger partial charge in [-0.05, 0) is 19.2 Å². The second kappa shape index (κ2) is 6.87. The van der Waals surface area contributed by atoms with Crippen LogP contribution >= 0.6 is 11.6 Å². The maximum Gasteiger partial charge on any atom is 0.415 e. The average molecular weight is 312 g/mol. The third-order valence-corrected chi connectivity index (χ3v) is 2.61. The van der Waals surface area contributed by atoms with Crippen molar-refractivity contribution in [2.45, 2.75) is 12.3 Å². The number of pyridine rings is 1. The van der Waals surface area contributed by atoms with Crippen LogP contribution in [-0.4, -0.2) is 53.3 Å². The second-order valence-corrected chi connectivity index (χ2v) is 4.50. The quantitative estimate of drug-likeness (QED) is 0.809. The van der Waals surface area contributed by atoms with Crippen LogP contribution in [0.4, 0.5) is 18.9 Å². The number of aliphatic hydroxyl groups is 1. The SMILES string of the molecule is CN(CC(=O)Nc1cccnc1Cl)CC(O)C(F)(F)F. The van der Waals surface area contributed by atoms with Crippen LogP contribution in [0.5, 0.6) is 0 Å². The minimum atomic E-state index is -4.71. The number of anilines is 1. The van der Waals surface area contributed by atoms with Crippen molar-refractivity contribution in [2.75, 3.05) is 25.5 Å². The van der Waals surface area contributed by atoms with Gasteiger partial charge in [0.05, 0.1) is 12.2 Å². The van der Waals surface area contributed by atoms with E-state index in [0.29, 0.717) is 0 Å². The van der Waals surface area contributed by atoms with Crippen LogP contribution in [0, 0.1) is 0 Å². The minimum absolute atomic E-state index is 0.0822. The topological polar surface area (TPSA) is 65.5 Å². The van der Waals surface area contributed by atoms with Gasteiger partial charge in [-0.15, -0.1) is 0 Å². The van der Waals surface area contributed by atoms with Crippen molar-refractivity contribution < 1.29 is 23.1 Å². The molecule has 1 unspecified atom stereocenters. The number of halogens is 4. The molecule has 20 heavy (non-hydrogen) atoms. The molecule has 1 heterocycles. The molecule has 2 N–H and O–H groups in total. The zero-order valence-electron chi connectivity index (χ0n) is 10.5. The minimum Gasteiger partial charge on any atom is -0.382 e. The molecule has 1 aromatic heterocycles. The smallest absolute Gasteiger partial charge is 0.382 e. The number of carbonyl (C=O) groups is 1. The number of hydrogen-bond acceptors (Lipinski definition) is 4. The predicted molar refractivity (Wildman–Crippen MR) is 67.4 cm³/mol. The van der Waals surface area contributed by atoms with E-state index in [1.807, 2.05) is 0 Å². The van der Waals surface area contributed by atoms with E-state index in [0.717, 1.165) is 4.90 Å². The summed E-state index contributed by atoms with van der Waals surface area (Å²) in [6.07, 6.45) is -5.77. The van der Waals surface area contributed by atoms with E-state index in [4.69, 9.17) is 16.7 Å². The van der Waals surface area contributed by atoms with Crippen LogP contribution in [0.3, 0.4) is 0 Å². The Kier molecular flexibility index (Phi) is 5.73. The zero-order chi connectivity index (χ0) is 15.3. The number of alkyl halides is 3. The van der Waals surface area contributed by atoms with E-state index in [-0.39, 0.29) is 17.4 Å². The summed E-state index contributed by atoms with van der Waals surface area (Å²) in [6.45, 7) is -1.02. The van der Waals surface area contributed by atoms with Gasteiger partial charge in [-0.25, -0.2) is 4.98 Å². The number of carbonyl (C=O) groups excluding carboxylic acids is 1. The number of rotatable bonds is 5. The summed E-state index contributed by atoms with van der Waals surface area (Å²) in [6, 6.07) is 3.07. The summed E-state index contributed by atoms with van der Waals surface area (Å²) in [5.41, 5.74) is 0.268. The summed E-state index contributed by atoms with van der Waals surface area (Å²) in [5, 5.41) is 11.4. The lowest BCUT2D eigenvalue weighted by Gasteiger charge is -2.21. The molecule has 0 saturated carbocycles. The van der Waals surface area contributed by atoms with Gasteiger partial charge in [0.25, 0.3) is 0 Å². The molecule has 0 radical (unpaired) electrons. The van der Waals surface area contributed by atoms with Gasteiger partial charge in [-0.1, -0.05) is 11.6 Å². The molecule has 1 amide bonds. The van der Waals surface area contributed by atoms with Crippen molar-refractivity contribution >= 4 is 23.2 Å². The zero-order valence-corrected chi connectivity index (χ0v) is 11.2. The molecule has 112 valence electrons. The van der Waals surface area contributed by atoms with Crippen molar-refractivity contribution in [3.63, 3.8) is 0 Å². The highest BCUT2D eigenvalue weighted by molar-refractivity contribution is 6.32. The molecule has 0 bridgehead atoms. The normalized spacial score (nSPS) is 13.3. The highest BCUT2D eigenvalue weighted by Gasteiger charge is 2.38. The molecule has 0 aliphatic carbocycles. The monoisotopic (exact) mass is 311 g/mol. The van der Waals surface area contributed by atoms with Gasteiger partial charge in [0.15, 0.2) is 11.3 Å². The van der Waals surface area contributed by atoms with Crippen LogP contribution in [0.2, 0.25) is 5.15 Å². The van der Waals surface area contributed by atoms with Crippen LogP contribution < -0.4 is 5.32 Å². The molecule has 1 aromatic rings. The summed E-state index contributed by atoms with van der Waals surface area (Å²) >= 11 is 5.72. The lowest BCUT2D eigenvalue weighted by atomic mass is 10.3. The van der Waals surface area contributed by atoms with E-state index in [1.165, 1.54) is 19.3 Å². The number of nitrogens with one attached hydrogen (secondary N) is 1. The lowest BCUT2D eigenvalue weighted by Crippen LogP contribution is -2.42. The molecule has 5 nitrogen and oxygen atoms in total. The molecule has 0 saturated heterocycles. The molecule has 0 aliphatic rings. The fourth-order valence-electron chi connectivity index (χ4n) is 1.38. The predicted octanol–water partition coefficient (Wildman–Crippen LogP) is 1.53. The maximum atomic E-state index is 12.1. The van der Waals surface area contributed by atoms with Crippen LogP contribution in [-0.2, 0) is 4.79 Å². The van der Waals surface area contributed by atoms with Gasteiger partial charge in [-0.3, -0.25) is 9.69 Å². The summed E-state index contributed by atoms with van der Waals surface area (Å²) in [7, 11) is 1.29. The molecule has 1 rings (SSSR count). The first kappa shape index (κ1) is 16.7. The lowest BCUT2D eigenvalue weighted by molar-refractivity contribution is -0.207. The molecule has 1 atom stereocenters. The Balaban J connectivity index is 2.49. The Morgan fingerprint density at radius 1 is 1.60 bits per heavy atom. The molecular weight excluding hydrogens is 299 g/mol. The number of hydrogen-bond donors (Lipinski definition) is 2. The first-order chi connectivity index (χ1) is 9.20. The van der Waals surface area contributed by atoms with E-state index in [9.17, 15) is 18.0 Å². The van der Waals surface area contributed by atoms with Gasteiger partial charge in [0.1, 0.15) is 0 Å². The van der Waals surface area contributed by atoms with Gasteiger partial charge >= 0.3 is 6.18 Å². The van der Waals surface area contributed by atoms with Gasteiger partial charge in [-0.2, -0.15) is 13.2 Å². The first-order valence-electron chi connectivity index (χ1n) is 5.54. The maximum absolute atomic E-state index is 12.1. The Morgan fingerprint density at radius 2 is 2.25 bits per heavy atom. The third kappa shape index (κ3) is 5.32. The number of likely N-dealkylation sites (N-methyl/N-ethyl adjacent to an activating group) is 1. The molecule has 0 aliphatic heterocycles. The fourth-order valence-corrected chi connectivity index (χ4v) is 1.54. The van der Waals surface area contributed by atoms with E-state index in [1.54, 1.807) is 6.07 Å². The Hall–Kier alpha value is -1.38. The van der Waals surface area contributed by atoms with Crippen molar-refractivity contribution in [3.8, 4) is 0 Å². The fraction of sp³-hybridized carbons (Fsp3) is 0.455. The Bertz CT molecular complexity index is 470. The van der Waals surface area contributed by atoms with Gasteiger partial charge in [0.2, 0.25) is 5.91 Å². The largest absolute Gasteiger partial charge is 0.415 e. The van der Waals surface area contributed by atoms with E-state index < -0.39 is 24.7 Å². The van der Waals surface area contributed by atoms with E-state index >= 15 is 0 Å². The van der Waals surface area contributed by atoms with Crippen molar-refractivity contribution in [1.82, 2.24) is 9.88 Å². The molecule has 0 fully saturated rings. The molecule has 0 aromatic carbocycles. The number of nitrogens with zero attached hydrogens (tertiary/aromatic N) is 2. The van der Waals surface area contributed by atoms with E-state index in [2.05, 4.69) is 10.3 Å². The molecule has 9 heteroatoms. The molecule has 0 spiro atoms. The van der Waals surface area contributed by atoms with Gasteiger partial charge in [0, 0.05) is 12.7 Å². The summed E-state index contributed by atoms with van der Waals surface area (Å²) < 4.78 is 36.4.